The minimum atomic E-state index is -4.05. The molecule has 43 heavy (non-hydrogen) atoms. The van der Waals surface area contributed by atoms with Crippen LogP contribution in [0.25, 0.3) is 0 Å². The van der Waals surface area contributed by atoms with Gasteiger partial charge in [-0.25, -0.2) is 0 Å². The second-order valence-electron chi connectivity index (χ2n) is 10.4. The number of morpholine rings is 1. The molecule has 0 aromatic heterocycles. The molecular weight excluding hydrogens is 576 g/mol. The van der Waals surface area contributed by atoms with Gasteiger partial charge in [0.05, 0.1) is 0 Å². The van der Waals surface area contributed by atoms with Crippen molar-refractivity contribution in [2.24, 2.45) is 0 Å². The highest BCUT2D eigenvalue weighted by molar-refractivity contribution is 6.01. The van der Waals surface area contributed by atoms with Gasteiger partial charge in [0.25, 0.3) is 5.91 Å². The first-order valence-electron chi connectivity index (χ1n) is 12.8. The fourth-order valence-electron chi connectivity index (χ4n) is 4.75. The number of hydrogen-bond donors (Lipinski definition) is 11. The SMILES string of the molecule is CN(Cc1c(C=O)cccc1NCc1ccc(CN2C(O)(O)C(O)(O)OC(O)(O)C2(O)O)cc1)C1(O)CCC(=O)NC1=O. The lowest BCUT2D eigenvalue weighted by Gasteiger charge is -2.55. The monoisotopic (exact) mass is 608 g/mol. The molecule has 0 aliphatic carbocycles. The lowest BCUT2D eigenvalue weighted by atomic mass is 9.98. The zero-order chi connectivity index (χ0) is 32.0. The number of nitrogens with zero attached hydrogens (tertiary/aromatic N) is 2. The molecule has 11 N–H and O–H groups in total. The van der Waals surface area contributed by atoms with Gasteiger partial charge in [-0.1, -0.05) is 36.4 Å². The average molecular weight is 609 g/mol. The number of imide groups is 1. The van der Waals surface area contributed by atoms with Gasteiger partial charge in [0.2, 0.25) is 5.91 Å². The van der Waals surface area contributed by atoms with Crippen LogP contribution in [-0.4, -0.2) is 110 Å². The van der Waals surface area contributed by atoms with Crippen LogP contribution < -0.4 is 10.6 Å². The van der Waals surface area contributed by atoms with E-state index >= 15 is 0 Å². The van der Waals surface area contributed by atoms with E-state index in [0.29, 0.717) is 23.1 Å². The molecular formula is C26H32N4O13. The zero-order valence-electron chi connectivity index (χ0n) is 22.7. The Kier molecular flexibility index (Phi) is 8.50. The van der Waals surface area contributed by atoms with Crippen molar-refractivity contribution in [3.63, 3.8) is 0 Å². The van der Waals surface area contributed by atoms with Gasteiger partial charge < -0.3 is 51.3 Å². The molecule has 2 saturated heterocycles. The highest BCUT2D eigenvalue weighted by Crippen LogP contribution is 2.42. The van der Waals surface area contributed by atoms with Gasteiger partial charge in [0.1, 0.15) is 6.29 Å². The van der Waals surface area contributed by atoms with E-state index in [4.69, 9.17) is 0 Å². The number of hydrogen-bond acceptors (Lipinski definition) is 16. The fourth-order valence-corrected chi connectivity index (χ4v) is 4.75. The van der Waals surface area contributed by atoms with Crippen molar-refractivity contribution in [2.75, 3.05) is 12.4 Å². The Balaban J connectivity index is 1.50. The highest BCUT2D eigenvalue weighted by atomic mass is 16.9. The molecule has 0 radical (unpaired) electrons. The number of benzene rings is 2. The number of aldehydes is 1. The van der Waals surface area contributed by atoms with Crippen LogP contribution in [0.15, 0.2) is 42.5 Å². The van der Waals surface area contributed by atoms with Crippen LogP contribution in [-0.2, 0) is 34.0 Å². The summed E-state index contributed by atoms with van der Waals surface area (Å²) in [6.45, 7) is -0.740. The Bertz CT molecular complexity index is 1370. The maximum absolute atomic E-state index is 12.4. The first kappa shape index (κ1) is 32.5. The smallest absolute Gasteiger partial charge is 0.356 e. The number of carbonyl (C=O) groups excluding carboxylic acids is 3. The van der Waals surface area contributed by atoms with Crippen molar-refractivity contribution in [3.8, 4) is 0 Å². The van der Waals surface area contributed by atoms with Crippen LogP contribution >= 0.6 is 0 Å². The number of amides is 2. The molecule has 1 unspecified atom stereocenters. The van der Waals surface area contributed by atoms with E-state index in [1.807, 2.05) is 0 Å². The van der Waals surface area contributed by atoms with E-state index < -0.39 is 47.9 Å². The van der Waals surface area contributed by atoms with Gasteiger partial charge in [-0.3, -0.25) is 29.3 Å². The minimum Gasteiger partial charge on any atom is -0.381 e. The second kappa shape index (κ2) is 11.2. The average Bonchev–Trinajstić information content (AvgIpc) is 2.92. The number of carbonyl (C=O) groups is 3. The molecule has 2 aliphatic heterocycles. The Hall–Kier alpha value is -3.43. The van der Waals surface area contributed by atoms with Crippen LogP contribution in [0.1, 0.15) is 39.9 Å². The third-order valence-electron chi connectivity index (χ3n) is 7.44. The number of anilines is 1. The summed E-state index contributed by atoms with van der Waals surface area (Å²) >= 11 is 0. The second-order valence-corrected chi connectivity index (χ2v) is 10.4. The fraction of sp³-hybridized carbons (Fsp3) is 0.423. The lowest BCUT2D eigenvalue weighted by Crippen LogP contribution is -2.83. The Morgan fingerprint density at radius 1 is 0.930 bits per heavy atom. The first-order valence-corrected chi connectivity index (χ1v) is 12.8. The third-order valence-corrected chi connectivity index (χ3v) is 7.44. The van der Waals surface area contributed by atoms with Crippen LogP contribution in [0.2, 0.25) is 0 Å². The molecule has 2 aliphatic rings. The molecule has 17 heteroatoms. The van der Waals surface area contributed by atoms with Crippen LogP contribution in [0, 0.1) is 0 Å². The summed E-state index contributed by atoms with van der Waals surface area (Å²) in [4.78, 5) is 36.8. The van der Waals surface area contributed by atoms with E-state index in [0.717, 1.165) is 0 Å². The molecule has 4 rings (SSSR count). The van der Waals surface area contributed by atoms with Gasteiger partial charge in [0.15, 0.2) is 5.72 Å². The Morgan fingerprint density at radius 3 is 2.07 bits per heavy atom. The summed E-state index contributed by atoms with van der Waals surface area (Å²) in [7, 11) is 1.48. The molecule has 0 bridgehead atoms. The highest BCUT2D eigenvalue weighted by Gasteiger charge is 2.74. The molecule has 2 amide bonds. The topological polar surface area (TPSA) is 273 Å². The standard InChI is InChI=1S/C26H32N4O13/c1-29(22(34)10-9-20(32)28-21(22)33)13-18-17(14-31)3-2-4-19(18)27-11-15-5-7-16(8-6-15)12-30-23(35,36)25(39,40)43-26(41,42)24(30,37)38/h2-8,14,27,34-42H,9-13H2,1H3,(H,28,32,33). The number of piperidine rings is 1. The molecule has 2 heterocycles. The summed E-state index contributed by atoms with van der Waals surface area (Å²) in [5.74, 6) is -17.3. The van der Waals surface area contributed by atoms with Crippen molar-refractivity contribution in [1.29, 1.82) is 0 Å². The molecule has 1 atom stereocenters. The van der Waals surface area contributed by atoms with Gasteiger partial charge >= 0.3 is 23.8 Å². The number of aliphatic hydroxyl groups is 9. The summed E-state index contributed by atoms with van der Waals surface area (Å²) < 4.78 is 3.85. The number of rotatable bonds is 9. The normalized spacial score (nSPS) is 24.4. The molecule has 234 valence electrons. The predicted octanol–water partition coefficient (Wildman–Crippen LogP) is -3.95. The van der Waals surface area contributed by atoms with Crippen molar-refractivity contribution in [2.45, 2.75) is 62.0 Å². The summed E-state index contributed by atoms with van der Waals surface area (Å²) in [5, 5.41) is 95.7. The molecule has 2 aromatic rings. The largest absolute Gasteiger partial charge is 0.381 e. The Morgan fingerprint density at radius 2 is 1.51 bits per heavy atom. The summed E-state index contributed by atoms with van der Waals surface area (Å²) in [6.07, 6.45) is 0.425. The van der Waals surface area contributed by atoms with Crippen molar-refractivity contribution >= 4 is 23.8 Å². The van der Waals surface area contributed by atoms with Crippen molar-refractivity contribution < 1.29 is 65.1 Å². The number of likely N-dealkylation sites (N-methyl/N-ethyl adjacent to an activating group) is 1. The van der Waals surface area contributed by atoms with E-state index in [9.17, 15) is 60.3 Å². The molecule has 2 fully saturated rings. The van der Waals surface area contributed by atoms with E-state index in [1.165, 1.54) is 36.2 Å². The van der Waals surface area contributed by atoms with E-state index in [1.54, 1.807) is 18.2 Å². The van der Waals surface area contributed by atoms with Crippen molar-refractivity contribution in [3.05, 3.63) is 64.7 Å². The number of ether oxygens (including phenoxy) is 1. The van der Waals surface area contributed by atoms with Crippen molar-refractivity contribution in [1.82, 2.24) is 15.1 Å². The van der Waals surface area contributed by atoms with Gasteiger partial charge in [0, 0.05) is 43.7 Å². The number of nitrogens with one attached hydrogen (secondary N) is 2. The maximum Gasteiger partial charge on any atom is 0.356 e. The summed E-state index contributed by atoms with van der Waals surface area (Å²) in [5.41, 5.74) is 0.0101. The van der Waals surface area contributed by atoms with E-state index in [2.05, 4.69) is 15.4 Å². The van der Waals surface area contributed by atoms with Gasteiger partial charge in [-0.2, -0.15) is 4.90 Å². The molecule has 17 nitrogen and oxygen atoms in total. The quantitative estimate of drug-likeness (QED) is 0.0736. The third kappa shape index (κ3) is 5.89. The lowest BCUT2D eigenvalue weighted by molar-refractivity contribution is -0.659. The van der Waals surface area contributed by atoms with Gasteiger partial charge in [-0.05, 0) is 29.8 Å². The Labute approximate surface area is 243 Å². The molecule has 2 aromatic carbocycles. The first-order chi connectivity index (χ1) is 19.9. The molecule has 0 saturated carbocycles. The van der Waals surface area contributed by atoms with Crippen LogP contribution in [0.3, 0.4) is 0 Å². The summed E-state index contributed by atoms with van der Waals surface area (Å²) in [6, 6.07) is 10.7. The van der Waals surface area contributed by atoms with Crippen LogP contribution in [0.4, 0.5) is 5.69 Å². The zero-order valence-corrected chi connectivity index (χ0v) is 22.7. The minimum absolute atomic E-state index is 0.0452. The van der Waals surface area contributed by atoms with Crippen LogP contribution in [0.5, 0.6) is 0 Å². The molecule has 0 spiro atoms. The van der Waals surface area contributed by atoms with Gasteiger partial charge in [-0.15, -0.1) is 0 Å². The van der Waals surface area contributed by atoms with E-state index in [-0.39, 0.29) is 42.0 Å². The maximum atomic E-state index is 12.4. The predicted molar refractivity (Wildman–Crippen MR) is 140 cm³/mol.